The van der Waals surface area contributed by atoms with Crippen LogP contribution in [0.2, 0.25) is 0 Å². The lowest BCUT2D eigenvalue weighted by Gasteiger charge is -2.29. The average Bonchev–Trinajstić information content (AvgIpc) is 3.06. The number of nitrogens with zero attached hydrogens (tertiary/aromatic N) is 4. The lowest BCUT2D eigenvalue weighted by molar-refractivity contribution is -0.124. The summed E-state index contributed by atoms with van der Waals surface area (Å²) in [5, 5.41) is 8.67. The van der Waals surface area contributed by atoms with Crippen LogP contribution in [0.1, 0.15) is 30.8 Å². The Labute approximate surface area is 183 Å². The molecule has 0 aliphatic carbocycles. The van der Waals surface area contributed by atoms with Gasteiger partial charge in [-0.1, -0.05) is 26.0 Å². The Kier molecular flexibility index (Phi) is 7.20. The molecule has 0 aliphatic heterocycles. The van der Waals surface area contributed by atoms with Gasteiger partial charge in [0.25, 0.3) is 5.91 Å². The zero-order valence-corrected chi connectivity index (χ0v) is 18.7. The van der Waals surface area contributed by atoms with Crippen LogP contribution in [0, 0.1) is 5.41 Å². The Bertz CT molecular complexity index is 1050. The van der Waals surface area contributed by atoms with Crippen molar-refractivity contribution in [1.82, 2.24) is 24.9 Å². The maximum atomic E-state index is 11.3. The maximum absolute atomic E-state index is 11.3. The van der Waals surface area contributed by atoms with Gasteiger partial charge in [0, 0.05) is 38.0 Å². The lowest BCUT2D eigenvalue weighted by atomic mass is 9.92. The Hall–Kier alpha value is -3.03. The highest BCUT2D eigenvalue weighted by Gasteiger charge is 2.23. The lowest BCUT2D eigenvalue weighted by Crippen LogP contribution is -2.32. The number of aryl methyl sites for hydroxylation is 2. The highest BCUT2D eigenvalue weighted by Crippen LogP contribution is 2.26. The first kappa shape index (κ1) is 22.7. The molecule has 3 rings (SSSR count). The van der Waals surface area contributed by atoms with Crippen molar-refractivity contribution in [3.8, 4) is 0 Å². The van der Waals surface area contributed by atoms with Gasteiger partial charge in [0.15, 0.2) is 0 Å². The molecule has 0 aliphatic rings. The van der Waals surface area contributed by atoms with Gasteiger partial charge in [-0.25, -0.2) is 10.5 Å². The second-order valence-corrected chi connectivity index (χ2v) is 8.93. The highest BCUT2D eigenvalue weighted by atomic mass is 16.5. The van der Waals surface area contributed by atoms with Gasteiger partial charge in [-0.05, 0) is 61.3 Å². The number of carbonyl (C=O) groups excluding carboxylic acids is 1. The summed E-state index contributed by atoms with van der Waals surface area (Å²) in [6, 6.07) is 10.0. The van der Waals surface area contributed by atoms with E-state index in [1.807, 2.05) is 24.4 Å². The number of hydroxylamine groups is 1. The van der Waals surface area contributed by atoms with Gasteiger partial charge in [-0.2, -0.15) is 0 Å². The molecule has 0 bridgehead atoms. The van der Waals surface area contributed by atoms with E-state index in [1.54, 1.807) is 17.8 Å². The molecule has 7 heteroatoms. The molecular formula is C24H31N5O2. The fraction of sp³-hybridized carbons (Fsp3) is 0.375. The number of aromatic nitrogens is 3. The molecule has 0 saturated carbocycles. The van der Waals surface area contributed by atoms with Crippen LogP contribution in [0.5, 0.6) is 0 Å². The largest absolute Gasteiger partial charge is 0.327 e. The third-order valence-corrected chi connectivity index (χ3v) is 5.08. The maximum Gasteiger partial charge on any atom is 0.267 e. The molecule has 0 fully saturated rings. The number of rotatable bonds is 9. The standard InChI is InChI=1S/C24H31N5O2/c1-24(2,16-28(3)4)17-29-21-10-7-18(9-12-23(30)27-31)14-20(21)26-22(29)11-8-19-6-5-13-25-15-19/h5-7,9-10,12-15,31H,8,11,16-17H2,1-4H3,(H,27,30). The van der Waals surface area contributed by atoms with Crippen LogP contribution in [-0.2, 0) is 24.2 Å². The molecule has 0 radical (unpaired) electrons. The molecule has 0 unspecified atom stereocenters. The number of hydrogen-bond donors (Lipinski definition) is 2. The van der Waals surface area contributed by atoms with Crippen LogP contribution < -0.4 is 5.48 Å². The fourth-order valence-electron chi connectivity index (χ4n) is 4.01. The minimum absolute atomic E-state index is 0.0674. The summed E-state index contributed by atoms with van der Waals surface area (Å²) >= 11 is 0. The van der Waals surface area contributed by atoms with Crippen molar-refractivity contribution in [2.75, 3.05) is 20.6 Å². The van der Waals surface area contributed by atoms with E-state index in [9.17, 15) is 4.79 Å². The summed E-state index contributed by atoms with van der Waals surface area (Å²) < 4.78 is 2.32. The van der Waals surface area contributed by atoms with Crippen LogP contribution in [0.15, 0.2) is 48.8 Å². The first-order chi connectivity index (χ1) is 14.8. The van der Waals surface area contributed by atoms with Gasteiger partial charge in [-0.15, -0.1) is 0 Å². The predicted molar refractivity (Wildman–Crippen MR) is 123 cm³/mol. The minimum atomic E-state index is -0.562. The molecule has 0 saturated heterocycles. The predicted octanol–water partition coefficient (Wildman–Crippen LogP) is 3.32. The van der Waals surface area contributed by atoms with Gasteiger partial charge >= 0.3 is 0 Å². The van der Waals surface area contributed by atoms with E-state index in [-0.39, 0.29) is 5.41 Å². The third kappa shape index (κ3) is 6.23. The summed E-state index contributed by atoms with van der Waals surface area (Å²) in [5.74, 6) is 0.480. The van der Waals surface area contributed by atoms with E-state index < -0.39 is 5.91 Å². The van der Waals surface area contributed by atoms with E-state index in [0.717, 1.165) is 48.4 Å². The van der Waals surface area contributed by atoms with Crippen LogP contribution in [-0.4, -0.2) is 51.2 Å². The topological polar surface area (TPSA) is 83.3 Å². The Morgan fingerprint density at radius 1 is 1.26 bits per heavy atom. The van der Waals surface area contributed by atoms with Crippen molar-refractivity contribution >= 4 is 23.0 Å². The van der Waals surface area contributed by atoms with Crippen molar-refractivity contribution in [2.45, 2.75) is 33.2 Å². The van der Waals surface area contributed by atoms with E-state index in [0.29, 0.717) is 0 Å². The van der Waals surface area contributed by atoms with Crippen molar-refractivity contribution < 1.29 is 10.0 Å². The second kappa shape index (κ2) is 9.85. The molecule has 2 heterocycles. The van der Waals surface area contributed by atoms with Gasteiger partial charge in [0.05, 0.1) is 11.0 Å². The molecule has 0 spiro atoms. The third-order valence-electron chi connectivity index (χ3n) is 5.08. The Balaban J connectivity index is 1.95. The molecule has 2 aromatic heterocycles. The summed E-state index contributed by atoms with van der Waals surface area (Å²) in [5.41, 5.74) is 5.69. The van der Waals surface area contributed by atoms with Crippen LogP contribution in [0.25, 0.3) is 17.1 Å². The van der Waals surface area contributed by atoms with Crippen molar-refractivity contribution in [2.24, 2.45) is 5.41 Å². The average molecular weight is 422 g/mol. The summed E-state index contributed by atoms with van der Waals surface area (Å²) in [6.45, 7) is 6.36. The van der Waals surface area contributed by atoms with Crippen LogP contribution in [0.3, 0.4) is 0 Å². The van der Waals surface area contributed by atoms with Crippen molar-refractivity contribution in [3.63, 3.8) is 0 Å². The summed E-state index contributed by atoms with van der Waals surface area (Å²) in [7, 11) is 4.19. The molecule has 1 aromatic carbocycles. The smallest absolute Gasteiger partial charge is 0.267 e. The molecule has 7 nitrogen and oxygen atoms in total. The van der Waals surface area contributed by atoms with Crippen molar-refractivity contribution in [3.05, 3.63) is 65.8 Å². The number of fused-ring (bicyclic) bond motifs is 1. The zero-order chi connectivity index (χ0) is 22.4. The number of benzene rings is 1. The van der Waals surface area contributed by atoms with Gasteiger partial charge in [-0.3, -0.25) is 15.0 Å². The number of hydrogen-bond acceptors (Lipinski definition) is 5. The molecule has 2 N–H and O–H groups in total. The number of imidazole rings is 1. The first-order valence-electron chi connectivity index (χ1n) is 10.4. The molecule has 3 aromatic rings. The van der Waals surface area contributed by atoms with Crippen LogP contribution >= 0.6 is 0 Å². The molecule has 31 heavy (non-hydrogen) atoms. The number of nitrogens with one attached hydrogen (secondary N) is 1. The minimum Gasteiger partial charge on any atom is -0.327 e. The summed E-state index contributed by atoms with van der Waals surface area (Å²) in [6.07, 6.45) is 8.33. The monoisotopic (exact) mass is 421 g/mol. The number of carbonyl (C=O) groups is 1. The highest BCUT2D eigenvalue weighted by molar-refractivity contribution is 5.91. The van der Waals surface area contributed by atoms with E-state index in [2.05, 4.69) is 54.5 Å². The Morgan fingerprint density at radius 2 is 2.06 bits per heavy atom. The van der Waals surface area contributed by atoms with Crippen LogP contribution in [0.4, 0.5) is 0 Å². The van der Waals surface area contributed by atoms with Gasteiger partial charge < -0.3 is 9.47 Å². The first-order valence-corrected chi connectivity index (χ1v) is 10.4. The van der Waals surface area contributed by atoms with Crippen molar-refractivity contribution in [1.29, 1.82) is 0 Å². The van der Waals surface area contributed by atoms with E-state index in [4.69, 9.17) is 10.2 Å². The quantitative estimate of drug-likeness (QED) is 0.315. The zero-order valence-electron chi connectivity index (χ0n) is 18.7. The number of pyridine rings is 1. The van der Waals surface area contributed by atoms with Gasteiger partial charge in [0.1, 0.15) is 5.82 Å². The molecule has 164 valence electrons. The Morgan fingerprint density at radius 3 is 2.74 bits per heavy atom. The van der Waals surface area contributed by atoms with Gasteiger partial charge in [0.2, 0.25) is 0 Å². The second-order valence-electron chi connectivity index (χ2n) is 8.93. The number of amides is 1. The van der Waals surface area contributed by atoms with E-state index >= 15 is 0 Å². The molecular weight excluding hydrogens is 390 g/mol. The molecule has 0 atom stereocenters. The molecule has 1 amide bonds. The fourth-order valence-corrected chi connectivity index (χ4v) is 4.01. The summed E-state index contributed by atoms with van der Waals surface area (Å²) in [4.78, 5) is 22.7. The SMILES string of the molecule is CN(C)CC(C)(C)Cn1c(CCc2cccnc2)nc2cc(C=CC(=O)NO)ccc21. The normalized spacial score (nSPS) is 12.2. The van der Waals surface area contributed by atoms with E-state index in [1.165, 1.54) is 11.6 Å².